The molecule has 0 saturated heterocycles. The first-order valence-electron chi connectivity index (χ1n) is 11.5. The highest BCUT2D eigenvalue weighted by Gasteiger charge is 2.54. The average molecular weight is 533 g/mol. The van der Waals surface area contributed by atoms with E-state index in [-0.39, 0.29) is 29.8 Å². The number of amides is 1. The van der Waals surface area contributed by atoms with Crippen molar-refractivity contribution in [2.75, 3.05) is 6.61 Å². The predicted octanol–water partition coefficient (Wildman–Crippen LogP) is 5.40. The summed E-state index contributed by atoms with van der Waals surface area (Å²) >= 11 is 12.1. The maximum absolute atomic E-state index is 16.0. The van der Waals surface area contributed by atoms with Crippen molar-refractivity contribution in [2.24, 2.45) is 0 Å². The molecule has 0 radical (unpaired) electrons. The van der Waals surface area contributed by atoms with Crippen LogP contribution in [0.1, 0.15) is 59.9 Å². The standard InChI is InChI=1S/C27H27Cl2FN2O4/c1-4-21(33)15-36-27(16-5-7-18(28)8-6-16)24-22(11-17(12-23(24)30)26(2,3)35)25(34)32(27)14-20-10-9-19(29)13-31-20/h5-13,21,33,35H,4,14-15H2,1-3H3/t21?,27-/m1/s1. The molecule has 3 aromatic rings. The highest BCUT2D eigenvalue weighted by atomic mass is 35.5. The molecule has 1 aliphatic heterocycles. The minimum absolute atomic E-state index is 0.0000824. The van der Waals surface area contributed by atoms with Crippen molar-refractivity contribution in [1.29, 1.82) is 0 Å². The van der Waals surface area contributed by atoms with Gasteiger partial charge in [-0.05, 0) is 62.2 Å². The number of hydrogen-bond acceptors (Lipinski definition) is 5. The molecule has 1 unspecified atom stereocenters. The number of carbonyl (C=O) groups is 1. The predicted molar refractivity (Wildman–Crippen MR) is 135 cm³/mol. The fourth-order valence-corrected chi connectivity index (χ4v) is 4.52. The first-order chi connectivity index (χ1) is 17.0. The number of rotatable bonds is 8. The van der Waals surface area contributed by atoms with Crippen LogP contribution in [0.15, 0.2) is 54.7 Å². The maximum atomic E-state index is 16.0. The zero-order chi connectivity index (χ0) is 26.3. The van der Waals surface area contributed by atoms with Crippen LogP contribution in [-0.2, 0) is 22.6 Å². The van der Waals surface area contributed by atoms with Crippen molar-refractivity contribution < 1.29 is 24.1 Å². The number of aliphatic hydroxyl groups is 2. The van der Waals surface area contributed by atoms with Gasteiger partial charge in [0, 0.05) is 16.8 Å². The lowest BCUT2D eigenvalue weighted by molar-refractivity contribution is -0.134. The van der Waals surface area contributed by atoms with E-state index in [0.717, 1.165) is 0 Å². The molecule has 0 bridgehead atoms. The molecule has 6 nitrogen and oxygen atoms in total. The quantitative estimate of drug-likeness (QED) is 0.405. The van der Waals surface area contributed by atoms with Crippen molar-refractivity contribution in [3.05, 3.63) is 98.5 Å². The average Bonchev–Trinajstić information content (AvgIpc) is 3.07. The molecular weight excluding hydrogens is 506 g/mol. The van der Waals surface area contributed by atoms with Crippen LogP contribution in [0.4, 0.5) is 4.39 Å². The zero-order valence-corrected chi connectivity index (χ0v) is 21.6. The minimum atomic E-state index is -1.73. The molecule has 2 heterocycles. The van der Waals surface area contributed by atoms with Gasteiger partial charge in [0.25, 0.3) is 5.91 Å². The molecule has 0 fully saturated rings. The smallest absolute Gasteiger partial charge is 0.257 e. The molecule has 36 heavy (non-hydrogen) atoms. The molecule has 1 aliphatic rings. The van der Waals surface area contributed by atoms with Gasteiger partial charge in [0.2, 0.25) is 0 Å². The van der Waals surface area contributed by atoms with E-state index < -0.39 is 29.2 Å². The summed E-state index contributed by atoms with van der Waals surface area (Å²) < 4.78 is 22.3. The van der Waals surface area contributed by atoms with Crippen LogP contribution in [0.2, 0.25) is 10.0 Å². The van der Waals surface area contributed by atoms with Crippen molar-refractivity contribution >= 4 is 29.1 Å². The van der Waals surface area contributed by atoms with Crippen LogP contribution in [0, 0.1) is 5.82 Å². The van der Waals surface area contributed by atoms with Crippen molar-refractivity contribution in [2.45, 2.75) is 51.2 Å². The Hall–Kier alpha value is -2.55. The summed E-state index contributed by atoms with van der Waals surface area (Å²) in [6, 6.07) is 12.6. The first-order valence-corrected chi connectivity index (χ1v) is 12.3. The van der Waals surface area contributed by atoms with Crippen LogP contribution in [0.25, 0.3) is 0 Å². The molecule has 0 saturated carbocycles. The summed E-state index contributed by atoms with van der Waals surface area (Å²) in [6.45, 7) is 4.63. The van der Waals surface area contributed by atoms with E-state index in [1.807, 2.05) is 0 Å². The van der Waals surface area contributed by atoms with Gasteiger partial charge in [-0.15, -0.1) is 0 Å². The normalized spacial score (nSPS) is 18.4. The number of nitrogens with zero attached hydrogens (tertiary/aromatic N) is 2. The molecule has 1 aromatic heterocycles. The molecular formula is C27H27Cl2FN2O4. The number of aliphatic hydroxyl groups excluding tert-OH is 1. The van der Waals surface area contributed by atoms with E-state index in [4.69, 9.17) is 27.9 Å². The molecule has 190 valence electrons. The van der Waals surface area contributed by atoms with Gasteiger partial charge in [0.05, 0.1) is 46.7 Å². The number of fused-ring (bicyclic) bond motifs is 1. The SMILES string of the molecule is CCC(O)CO[C@]1(c2ccc(Cl)cc2)c2c(F)cc(C(C)(C)O)cc2C(=O)N1Cc1ccc(Cl)cn1. The molecule has 2 atom stereocenters. The summed E-state index contributed by atoms with van der Waals surface area (Å²) in [5, 5.41) is 21.8. The van der Waals surface area contributed by atoms with Crippen LogP contribution in [0.5, 0.6) is 0 Å². The molecule has 1 amide bonds. The third kappa shape index (κ3) is 4.86. The number of halogens is 3. The van der Waals surface area contributed by atoms with Gasteiger partial charge in [-0.25, -0.2) is 4.39 Å². The number of carbonyl (C=O) groups excluding carboxylic acids is 1. The first kappa shape index (κ1) is 26.5. The number of aromatic nitrogens is 1. The van der Waals surface area contributed by atoms with Gasteiger partial charge in [-0.1, -0.05) is 42.3 Å². The van der Waals surface area contributed by atoms with E-state index in [2.05, 4.69) is 4.98 Å². The lowest BCUT2D eigenvalue weighted by Crippen LogP contribution is -2.48. The van der Waals surface area contributed by atoms with Gasteiger partial charge >= 0.3 is 0 Å². The second kappa shape index (κ2) is 10.1. The topological polar surface area (TPSA) is 82.9 Å². The lowest BCUT2D eigenvalue weighted by Gasteiger charge is -2.40. The Kier molecular flexibility index (Phi) is 7.42. The zero-order valence-electron chi connectivity index (χ0n) is 20.1. The molecule has 0 aliphatic carbocycles. The molecule has 4 rings (SSSR count). The van der Waals surface area contributed by atoms with Crippen LogP contribution in [-0.4, -0.2) is 38.7 Å². The van der Waals surface area contributed by atoms with E-state index in [9.17, 15) is 15.0 Å². The Bertz CT molecular complexity index is 1260. The summed E-state index contributed by atoms with van der Waals surface area (Å²) in [5.74, 6) is -1.22. The third-order valence-corrected chi connectivity index (χ3v) is 6.77. The van der Waals surface area contributed by atoms with Crippen molar-refractivity contribution in [1.82, 2.24) is 9.88 Å². The van der Waals surface area contributed by atoms with E-state index in [1.165, 1.54) is 37.1 Å². The van der Waals surface area contributed by atoms with Gasteiger partial charge in [-0.2, -0.15) is 0 Å². The summed E-state index contributed by atoms with van der Waals surface area (Å²) in [7, 11) is 0. The van der Waals surface area contributed by atoms with Gasteiger partial charge in [0.1, 0.15) is 5.82 Å². The van der Waals surface area contributed by atoms with Gasteiger partial charge in [0.15, 0.2) is 5.72 Å². The largest absolute Gasteiger partial charge is 0.391 e. The lowest BCUT2D eigenvalue weighted by atomic mass is 9.88. The maximum Gasteiger partial charge on any atom is 0.257 e. The minimum Gasteiger partial charge on any atom is -0.391 e. The second-order valence-corrected chi connectivity index (χ2v) is 10.2. The van der Waals surface area contributed by atoms with E-state index >= 15 is 4.39 Å². The number of ether oxygens (including phenoxy) is 1. The highest BCUT2D eigenvalue weighted by Crippen LogP contribution is 2.48. The monoisotopic (exact) mass is 532 g/mol. The van der Waals surface area contributed by atoms with Gasteiger partial charge < -0.3 is 14.9 Å². The summed E-state index contributed by atoms with van der Waals surface area (Å²) in [6.07, 6.45) is 1.02. The number of hydrogen-bond donors (Lipinski definition) is 2. The highest BCUT2D eigenvalue weighted by molar-refractivity contribution is 6.30. The molecule has 2 N–H and O–H groups in total. The Morgan fingerprint density at radius 3 is 2.39 bits per heavy atom. The third-order valence-electron chi connectivity index (χ3n) is 6.29. The molecule has 9 heteroatoms. The Morgan fingerprint density at radius 2 is 1.81 bits per heavy atom. The second-order valence-electron chi connectivity index (χ2n) is 9.32. The Balaban J connectivity index is 1.99. The van der Waals surface area contributed by atoms with Crippen LogP contribution >= 0.6 is 23.2 Å². The summed E-state index contributed by atoms with van der Waals surface area (Å²) in [4.78, 5) is 19.6. The van der Waals surface area contributed by atoms with Crippen molar-refractivity contribution in [3.63, 3.8) is 0 Å². The van der Waals surface area contributed by atoms with Crippen LogP contribution in [0.3, 0.4) is 0 Å². The van der Waals surface area contributed by atoms with Crippen LogP contribution < -0.4 is 0 Å². The number of benzene rings is 2. The van der Waals surface area contributed by atoms with E-state index in [1.54, 1.807) is 43.3 Å². The van der Waals surface area contributed by atoms with Crippen molar-refractivity contribution in [3.8, 4) is 0 Å². The van der Waals surface area contributed by atoms with E-state index in [0.29, 0.717) is 27.7 Å². The summed E-state index contributed by atoms with van der Waals surface area (Å²) in [5.41, 5.74) is -1.85. The van der Waals surface area contributed by atoms with Gasteiger partial charge in [-0.3, -0.25) is 14.7 Å². The Labute approximate surface area is 219 Å². The molecule has 2 aromatic carbocycles. The number of pyridine rings is 1. The fraction of sp³-hybridized carbons (Fsp3) is 0.333. The fourth-order valence-electron chi connectivity index (χ4n) is 4.29. The Morgan fingerprint density at radius 1 is 1.14 bits per heavy atom. The molecule has 0 spiro atoms.